The zero-order valence-electron chi connectivity index (χ0n) is 11.6. The van der Waals surface area contributed by atoms with Crippen molar-refractivity contribution in [3.05, 3.63) is 66.5 Å². The maximum Gasteiger partial charge on any atom is 0.140 e. The molecule has 2 aromatic carbocycles. The summed E-state index contributed by atoms with van der Waals surface area (Å²) in [6, 6.07) is 18.4. The number of fused-ring (bicyclic) bond motifs is 1. The molecule has 1 heterocycles. The van der Waals surface area contributed by atoms with E-state index in [0.717, 1.165) is 29.8 Å². The van der Waals surface area contributed by atoms with Gasteiger partial charge in [-0.25, -0.2) is 9.97 Å². The van der Waals surface area contributed by atoms with Crippen LogP contribution in [0.3, 0.4) is 0 Å². The molecule has 1 aromatic heterocycles. The molecular weight excluding hydrogens is 282 g/mol. The third-order valence-corrected chi connectivity index (χ3v) is 3.56. The van der Waals surface area contributed by atoms with Crippen LogP contribution in [-0.2, 0) is 6.54 Å². The highest BCUT2D eigenvalue weighted by molar-refractivity contribution is 6.18. The van der Waals surface area contributed by atoms with Gasteiger partial charge in [-0.3, -0.25) is 0 Å². The van der Waals surface area contributed by atoms with E-state index in [-0.39, 0.29) is 0 Å². The Hall–Kier alpha value is -2.13. The molecule has 4 heteroatoms. The fourth-order valence-electron chi connectivity index (χ4n) is 2.41. The molecule has 0 spiro atoms. The molecule has 0 N–H and O–H groups in total. The first-order valence-corrected chi connectivity index (χ1v) is 7.46. The molecule has 0 fully saturated rings. The lowest BCUT2D eigenvalue weighted by atomic mass is 10.2. The number of aromatic nitrogens is 2. The monoisotopic (exact) mass is 297 g/mol. The molecule has 0 aliphatic carbocycles. The molecule has 3 aromatic rings. The molecular formula is C17H16ClN3. The summed E-state index contributed by atoms with van der Waals surface area (Å²) >= 11 is 5.98. The average molecular weight is 298 g/mol. The highest BCUT2D eigenvalue weighted by Gasteiger charge is 2.12. The van der Waals surface area contributed by atoms with E-state index < -0.39 is 0 Å². The summed E-state index contributed by atoms with van der Waals surface area (Å²) in [6.07, 6.45) is 1.61. The number of hydrogen-bond acceptors (Lipinski definition) is 3. The predicted molar refractivity (Wildman–Crippen MR) is 87.8 cm³/mol. The SMILES string of the molecule is ClCCN(Cc1ccccc1)c1ncnc2ccccc12. The van der Waals surface area contributed by atoms with E-state index in [1.165, 1.54) is 5.56 Å². The molecule has 0 aliphatic rings. The fraction of sp³-hybridized carbons (Fsp3) is 0.176. The summed E-state index contributed by atoms with van der Waals surface area (Å²) in [5, 5.41) is 1.06. The van der Waals surface area contributed by atoms with E-state index in [9.17, 15) is 0 Å². The van der Waals surface area contributed by atoms with Gasteiger partial charge in [-0.2, -0.15) is 0 Å². The van der Waals surface area contributed by atoms with Gasteiger partial charge in [0, 0.05) is 24.4 Å². The minimum absolute atomic E-state index is 0.561. The van der Waals surface area contributed by atoms with Crippen molar-refractivity contribution in [2.75, 3.05) is 17.3 Å². The van der Waals surface area contributed by atoms with Crippen molar-refractivity contribution in [1.29, 1.82) is 0 Å². The molecule has 3 nitrogen and oxygen atoms in total. The van der Waals surface area contributed by atoms with Crippen molar-refractivity contribution in [2.45, 2.75) is 6.54 Å². The molecule has 0 aliphatic heterocycles. The third kappa shape index (κ3) is 3.14. The van der Waals surface area contributed by atoms with E-state index in [4.69, 9.17) is 11.6 Å². The van der Waals surface area contributed by atoms with Gasteiger partial charge in [0.05, 0.1) is 5.52 Å². The normalized spacial score (nSPS) is 10.7. The summed E-state index contributed by atoms with van der Waals surface area (Å²) in [4.78, 5) is 11.0. The van der Waals surface area contributed by atoms with Crippen LogP contribution in [0.15, 0.2) is 60.9 Å². The van der Waals surface area contributed by atoms with Gasteiger partial charge in [-0.15, -0.1) is 11.6 Å². The van der Waals surface area contributed by atoms with Crippen molar-refractivity contribution in [3.8, 4) is 0 Å². The van der Waals surface area contributed by atoms with Gasteiger partial charge in [0.1, 0.15) is 12.1 Å². The Balaban J connectivity index is 1.99. The summed E-state index contributed by atoms with van der Waals surface area (Å²) in [5.41, 5.74) is 2.19. The van der Waals surface area contributed by atoms with Gasteiger partial charge >= 0.3 is 0 Å². The van der Waals surface area contributed by atoms with Crippen LogP contribution in [0.4, 0.5) is 5.82 Å². The van der Waals surface area contributed by atoms with Crippen molar-refractivity contribution in [1.82, 2.24) is 9.97 Å². The van der Waals surface area contributed by atoms with Crippen LogP contribution in [0.1, 0.15) is 5.56 Å². The van der Waals surface area contributed by atoms with Gasteiger partial charge in [0.2, 0.25) is 0 Å². The lowest BCUT2D eigenvalue weighted by Gasteiger charge is -2.24. The van der Waals surface area contributed by atoms with Crippen molar-refractivity contribution in [2.24, 2.45) is 0 Å². The molecule has 0 amide bonds. The first-order valence-electron chi connectivity index (χ1n) is 6.93. The highest BCUT2D eigenvalue weighted by Crippen LogP contribution is 2.24. The van der Waals surface area contributed by atoms with Gasteiger partial charge in [0.25, 0.3) is 0 Å². The maximum atomic E-state index is 5.98. The van der Waals surface area contributed by atoms with E-state index >= 15 is 0 Å². The van der Waals surface area contributed by atoms with Gasteiger partial charge < -0.3 is 4.90 Å². The molecule has 106 valence electrons. The standard InChI is InChI=1S/C17H16ClN3/c18-10-11-21(12-14-6-2-1-3-7-14)17-15-8-4-5-9-16(15)19-13-20-17/h1-9,13H,10-12H2. The summed E-state index contributed by atoms with van der Waals surface area (Å²) in [7, 11) is 0. The Bertz CT molecular complexity index is 710. The second-order valence-electron chi connectivity index (χ2n) is 4.81. The van der Waals surface area contributed by atoms with Crippen LogP contribution in [0.2, 0.25) is 0 Å². The molecule has 0 radical (unpaired) electrons. The largest absolute Gasteiger partial charge is 0.350 e. The van der Waals surface area contributed by atoms with Crippen molar-refractivity contribution < 1.29 is 0 Å². The number of halogens is 1. The Morgan fingerprint density at radius 1 is 0.905 bits per heavy atom. The summed E-state index contributed by atoms with van der Waals surface area (Å²) < 4.78 is 0. The van der Waals surface area contributed by atoms with Crippen LogP contribution >= 0.6 is 11.6 Å². The fourth-order valence-corrected chi connectivity index (χ4v) is 2.61. The van der Waals surface area contributed by atoms with Crippen LogP contribution in [0.25, 0.3) is 10.9 Å². The Labute approximate surface area is 129 Å². The smallest absolute Gasteiger partial charge is 0.140 e. The number of anilines is 1. The van der Waals surface area contributed by atoms with Gasteiger partial charge in [-0.1, -0.05) is 42.5 Å². The molecule has 21 heavy (non-hydrogen) atoms. The second-order valence-corrected chi connectivity index (χ2v) is 5.19. The third-order valence-electron chi connectivity index (χ3n) is 3.39. The number of para-hydroxylation sites is 1. The Kier molecular flexibility index (Phi) is 4.31. The van der Waals surface area contributed by atoms with Gasteiger partial charge in [0.15, 0.2) is 0 Å². The number of nitrogens with zero attached hydrogens (tertiary/aromatic N) is 3. The molecule has 0 atom stereocenters. The number of alkyl halides is 1. The lowest BCUT2D eigenvalue weighted by molar-refractivity contribution is 0.820. The zero-order chi connectivity index (χ0) is 14.5. The summed E-state index contributed by atoms with van der Waals surface area (Å²) in [5.74, 6) is 1.50. The number of hydrogen-bond donors (Lipinski definition) is 0. The zero-order valence-corrected chi connectivity index (χ0v) is 12.4. The molecule has 3 rings (SSSR count). The molecule has 0 bridgehead atoms. The van der Waals surface area contributed by atoms with Crippen LogP contribution in [0, 0.1) is 0 Å². The van der Waals surface area contributed by atoms with Crippen molar-refractivity contribution in [3.63, 3.8) is 0 Å². The van der Waals surface area contributed by atoms with Crippen molar-refractivity contribution >= 4 is 28.3 Å². The highest BCUT2D eigenvalue weighted by atomic mass is 35.5. The summed E-state index contributed by atoms with van der Waals surface area (Å²) in [6.45, 7) is 1.53. The predicted octanol–water partition coefficient (Wildman–Crippen LogP) is 3.88. The second kappa shape index (κ2) is 6.55. The maximum absolute atomic E-state index is 5.98. The number of benzene rings is 2. The van der Waals surface area contributed by atoms with Crippen LogP contribution in [0.5, 0.6) is 0 Å². The quantitative estimate of drug-likeness (QED) is 0.669. The Morgan fingerprint density at radius 2 is 1.67 bits per heavy atom. The van der Waals surface area contributed by atoms with E-state index in [2.05, 4.69) is 33.1 Å². The number of rotatable bonds is 5. The van der Waals surface area contributed by atoms with E-state index in [0.29, 0.717) is 5.88 Å². The first-order chi connectivity index (χ1) is 10.4. The van der Waals surface area contributed by atoms with E-state index in [1.807, 2.05) is 36.4 Å². The molecule has 0 saturated carbocycles. The molecule has 0 saturated heterocycles. The minimum atomic E-state index is 0.561. The Morgan fingerprint density at radius 3 is 2.48 bits per heavy atom. The minimum Gasteiger partial charge on any atom is -0.350 e. The average Bonchev–Trinajstić information content (AvgIpc) is 2.55. The topological polar surface area (TPSA) is 29.0 Å². The van der Waals surface area contributed by atoms with E-state index in [1.54, 1.807) is 6.33 Å². The molecule has 0 unspecified atom stereocenters. The van der Waals surface area contributed by atoms with Crippen LogP contribution in [-0.4, -0.2) is 22.4 Å². The van der Waals surface area contributed by atoms with Crippen LogP contribution < -0.4 is 4.90 Å². The lowest BCUT2D eigenvalue weighted by Crippen LogP contribution is -2.26. The first kappa shape index (κ1) is 13.8. The van der Waals surface area contributed by atoms with Gasteiger partial charge in [-0.05, 0) is 17.7 Å².